The Morgan fingerprint density at radius 3 is 2.14 bits per heavy atom. The van der Waals surface area contributed by atoms with Crippen LogP contribution in [-0.4, -0.2) is 8.07 Å². The molecule has 1 aliphatic carbocycles. The molecule has 0 nitrogen and oxygen atoms in total. The van der Waals surface area contributed by atoms with Gasteiger partial charge < -0.3 is 0 Å². The van der Waals surface area contributed by atoms with Crippen LogP contribution in [0.15, 0.2) is 12.7 Å². The maximum atomic E-state index is 3.97. The number of allylic oxidation sites excluding steroid dienone is 1. The minimum atomic E-state index is -0.961. The zero-order valence-electron chi connectivity index (χ0n) is 10.0. The second kappa shape index (κ2) is 5.74. The van der Waals surface area contributed by atoms with Gasteiger partial charge in [-0.15, -0.1) is 6.58 Å². The van der Waals surface area contributed by atoms with Crippen molar-refractivity contribution in [3.63, 3.8) is 0 Å². The summed E-state index contributed by atoms with van der Waals surface area (Å²) in [4.78, 5) is 0. The van der Waals surface area contributed by atoms with E-state index in [4.69, 9.17) is 0 Å². The molecule has 1 fully saturated rings. The molecule has 1 rings (SSSR count). The summed E-state index contributed by atoms with van der Waals surface area (Å²) in [5.41, 5.74) is 1.12. The van der Waals surface area contributed by atoms with E-state index in [2.05, 4.69) is 26.5 Å². The third-order valence-corrected chi connectivity index (χ3v) is 10.7. The predicted molar refractivity (Wildman–Crippen MR) is 68.6 cm³/mol. The molecular formula is C13H26Si. The number of hydrogen-bond donors (Lipinski definition) is 0. The minimum Gasteiger partial charge on any atom is -0.103 e. The van der Waals surface area contributed by atoms with Crippen LogP contribution in [0.3, 0.4) is 0 Å². The van der Waals surface area contributed by atoms with E-state index < -0.39 is 8.07 Å². The van der Waals surface area contributed by atoms with Crippen LogP contribution in [0.5, 0.6) is 0 Å². The summed E-state index contributed by atoms with van der Waals surface area (Å²) in [5, 5.41) is 0. The highest BCUT2D eigenvalue weighted by Crippen LogP contribution is 2.43. The van der Waals surface area contributed by atoms with Crippen molar-refractivity contribution < 1.29 is 0 Å². The van der Waals surface area contributed by atoms with Crippen molar-refractivity contribution in [3.05, 3.63) is 12.7 Å². The van der Waals surface area contributed by atoms with Crippen molar-refractivity contribution in [2.24, 2.45) is 0 Å². The Balaban J connectivity index is 2.67. The fourth-order valence-electron chi connectivity index (χ4n) is 3.29. The second-order valence-corrected chi connectivity index (χ2v) is 10.3. The normalized spacial score (nSPS) is 19.6. The van der Waals surface area contributed by atoms with Gasteiger partial charge >= 0.3 is 0 Å². The molecule has 1 aliphatic rings. The molecule has 0 aromatic heterocycles. The van der Waals surface area contributed by atoms with Crippen LogP contribution in [0.25, 0.3) is 0 Å². The summed E-state index contributed by atoms with van der Waals surface area (Å²) in [5.74, 6) is 0. The van der Waals surface area contributed by atoms with Gasteiger partial charge in [0.1, 0.15) is 0 Å². The summed E-state index contributed by atoms with van der Waals surface area (Å²) < 4.78 is 0. The molecular weight excluding hydrogens is 184 g/mol. The first-order valence-corrected chi connectivity index (χ1v) is 9.10. The summed E-state index contributed by atoms with van der Waals surface area (Å²) >= 11 is 0. The fraction of sp³-hybridized carbons (Fsp3) is 0.846. The zero-order chi connectivity index (χ0) is 10.4. The molecule has 0 amide bonds. The van der Waals surface area contributed by atoms with E-state index in [0.717, 1.165) is 5.54 Å². The first kappa shape index (κ1) is 12.0. The van der Waals surface area contributed by atoms with E-state index in [1.54, 1.807) is 0 Å². The van der Waals surface area contributed by atoms with Crippen LogP contribution in [0.4, 0.5) is 0 Å². The molecule has 0 heterocycles. The molecule has 0 aromatic carbocycles. The Morgan fingerprint density at radius 2 is 1.71 bits per heavy atom. The smallest absolute Gasteiger partial charge is 0.0598 e. The van der Waals surface area contributed by atoms with Gasteiger partial charge in [0.25, 0.3) is 0 Å². The standard InChI is InChI=1S/C13H26Si/c1-4-12-14(5-2,6-3)13-10-8-7-9-11-13/h4,13H,1,5-12H2,2-3H3. The van der Waals surface area contributed by atoms with Gasteiger partial charge in [0.05, 0.1) is 8.07 Å². The largest absolute Gasteiger partial charge is 0.103 e. The summed E-state index contributed by atoms with van der Waals surface area (Å²) in [6.45, 7) is 8.82. The van der Waals surface area contributed by atoms with E-state index in [1.165, 1.54) is 50.2 Å². The summed E-state index contributed by atoms with van der Waals surface area (Å²) in [7, 11) is -0.961. The highest BCUT2D eigenvalue weighted by Gasteiger charge is 2.36. The molecule has 0 radical (unpaired) electrons. The van der Waals surface area contributed by atoms with Crippen molar-refractivity contribution >= 4 is 8.07 Å². The molecule has 0 spiro atoms. The summed E-state index contributed by atoms with van der Waals surface area (Å²) in [6, 6.07) is 4.31. The quantitative estimate of drug-likeness (QED) is 0.443. The molecule has 0 unspecified atom stereocenters. The van der Waals surface area contributed by atoms with Crippen molar-refractivity contribution in [1.82, 2.24) is 0 Å². The average molecular weight is 210 g/mol. The highest BCUT2D eigenvalue weighted by atomic mass is 28.3. The topological polar surface area (TPSA) is 0 Å². The molecule has 0 aliphatic heterocycles. The van der Waals surface area contributed by atoms with Gasteiger partial charge in [0, 0.05) is 0 Å². The van der Waals surface area contributed by atoms with Gasteiger partial charge in [-0.05, 0) is 11.6 Å². The van der Waals surface area contributed by atoms with Crippen molar-refractivity contribution in [2.75, 3.05) is 0 Å². The van der Waals surface area contributed by atoms with E-state index in [9.17, 15) is 0 Å². The number of rotatable bonds is 5. The van der Waals surface area contributed by atoms with Crippen LogP contribution in [0.2, 0.25) is 23.7 Å². The van der Waals surface area contributed by atoms with Crippen molar-refractivity contribution in [1.29, 1.82) is 0 Å². The van der Waals surface area contributed by atoms with Crippen molar-refractivity contribution in [3.8, 4) is 0 Å². The monoisotopic (exact) mass is 210 g/mol. The SMILES string of the molecule is C=CC[Si](CC)(CC)C1CCCCC1. The minimum absolute atomic E-state index is 0.961. The van der Waals surface area contributed by atoms with E-state index >= 15 is 0 Å². The Kier molecular flexibility index (Phi) is 4.94. The lowest BCUT2D eigenvalue weighted by molar-refractivity contribution is 0.488. The number of hydrogen-bond acceptors (Lipinski definition) is 0. The molecule has 0 aromatic rings. The molecule has 0 bridgehead atoms. The molecule has 0 N–H and O–H groups in total. The maximum Gasteiger partial charge on any atom is 0.0598 e. The molecule has 14 heavy (non-hydrogen) atoms. The van der Waals surface area contributed by atoms with Gasteiger partial charge in [0.15, 0.2) is 0 Å². The fourth-order valence-corrected chi connectivity index (χ4v) is 8.06. The predicted octanol–water partition coefficient (Wildman–Crippen LogP) is 5.00. The zero-order valence-corrected chi connectivity index (χ0v) is 11.0. The van der Waals surface area contributed by atoms with Crippen LogP contribution in [-0.2, 0) is 0 Å². The van der Waals surface area contributed by atoms with Crippen LogP contribution < -0.4 is 0 Å². The third kappa shape index (κ3) is 2.50. The van der Waals surface area contributed by atoms with E-state index in [1.807, 2.05) is 0 Å². The first-order chi connectivity index (χ1) is 6.79. The lowest BCUT2D eigenvalue weighted by Crippen LogP contribution is -2.38. The van der Waals surface area contributed by atoms with Crippen molar-refractivity contribution in [2.45, 2.75) is 69.6 Å². The lowest BCUT2D eigenvalue weighted by atomic mass is 10.0. The highest BCUT2D eigenvalue weighted by molar-refractivity contribution is 6.81. The lowest BCUT2D eigenvalue weighted by Gasteiger charge is -2.39. The Morgan fingerprint density at radius 1 is 1.14 bits per heavy atom. The van der Waals surface area contributed by atoms with Gasteiger partial charge in [-0.1, -0.05) is 64.1 Å². The Labute approximate surface area is 90.8 Å². The van der Waals surface area contributed by atoms with E-state index in [-0.39, 0.29) is 0 Å². The summed E-state index contributed by atoms with van der Waals surface area (Å²) in [6.07, 6.45) is 9.74. The molecule has 0 saturated heterocycles. The first-order valence-electron chi connectivity index (χ1n) is 6.40. The van der Waals surface area contributed by atoms with Gasteiger partial charge in [-0.25, -0.2) is 0 Å². The van der Waals surface area contributed by atoms with Crippen LogP contribution >= 0.6 is 0 Å². The Bertz CT molecular complexity index is 164. The van der Waals surface area contributed by atoms with Gasteiger partial charge in [-0.2, -0.15) is 0 Å². The molecule has 1 heteroatoms. The molecule has 82 valence electrons. The van der Waals surface area contributed by atoms with Crippen LogP contribution in [0, 0.1) is 0 Å². The van der Waals surface area contributed by atoms with E-state index in [0.29, 0.717) is 0 Å². The maximum absolute atomic E-state index is 3.97. The molecule has 0 atom stereocenters. The van der Waals surface area contributed by atoms with Gasteiger partial charge in [0.2, 0.25) is 0 Å². The molecule has 1 saturated carbocycles. The van der Waals surface area contributed by atoms with Crippen LogP contribution in [0.1, 0.15) is 46.0 Å². The Hall–Kier alpha value is -0.0431. The third-order valence-electron chi connectivity index (χ3n) is 4.43. The average Bonchev–Trinajstić information content (AvgIpc) is 2.27. The second-order valence-electron chi connectivity index (χ2n) is 4.90. The van der Waals surface area contributed by atoms with Gasteiger partial charge in [-0.3, -0.25) is 0 Å².